The molecule has 2 amide bonds. The van der Waals surface area contributed by atoms with Gasteiger partial charge in [-0.05, 0) is 30.7 Å². The van der Waals surface area contributed by atoms with E-state index in [4.69, 9.17) is 0 Å². The second-order valence-corrected chi connectivity index (χ2v) is 7.70. The number of aromatic nitrogens is 2. The molecule has 2 heterocycles. The summed E-state index contributed by atoms with van der Waals surface area (Å²) in [6, 6.07) is 12.6. The van der Waals surface area contributed by atoms with Gasteiger partial charge in [-0.2, -0.15) is 18.3 Å². The Balaban J connectivity index is 1.56. The first-order chi connectivity index (χ1) is 15.7. The number of alkyl halides is 3. The number of carbonyl (C=O) groups is 2. The maximum absolute atomic E-state index is 14.0. The summed E-state index contributed by atoms with van der Waals surface area (Å²) >= 11 is 0. The molecule has 172 valence electrons. The van der Waals surface area contributed by atoms with Crippen LogP contribution in [0.15, 0.2) is 54.7 Å². The number of amides is 2. The summed E-state index contributed by atoms with van der Waals surface area (Å²) < 4.78 is 42.7. The standard InChI is InChI=1S/C23H21F3N4O3/c1-15-6-2-4-8-18(15)30-20(23(24,25)26)17(14-27-30)22(33)29-12-10-28(11-13-29)21(32)16-7-3-5-9-19(16)31/h2-9,14,31H,10-13H2,1H3. The molecule has 1 N–H and O–H groups in total. The van der Waals surface area contributed by atoms with Crippen LogP contribution in [0, 0.1) is 6.92 Å². The lowest BCUT2D eigenvalue weighted by Crippen LogP contribution is -2.50. The van der Waals surface area contributed by atoms with Crippen LogP contribution in [0.4, 0.5) is 13.2 Å². The van der Waals surface area contributed by atoms with Crippen LogP contribution in [0.25, 0.3) is 5.69 Å². The molecule has 1 fully saturated rings. The Labute approximate surface area is 187 Å². The molecule has 0 radical (unpaired) electrons. The quantitative estimate of drug-likeness (QED) is 0.652. The lowest BCUT2D eigenvalue weighted by atomic mass is 10.1. The number of rotatable bonds is 3. The van der Waals surface area contributed by atoms with Crippen LogP contribution in [0.5, 0.6) is 5.75 Å². The second-order valence-electron chi connectivity index (χ2n) is 7.70. The normalized spacial score (nSPS) is 14.4. The highest BCUT2D eigenvalue weighted by atomic mass is 19.4. The van der Waals surface area contributed by atoms with Crippen molar-refractivity contribution in [2.24, 2.45) is 0 Å². The molecule has 33 heavy (non-hydrogen) atoms. The van der Waals surface area contributed by atoms with Crippen LogP contribution in [0.2, 0.25) is 0 Å². The molecule has 4 rings (SSSR count). The fourth-order valence-electron chi connectivity index (χ4n) is 3.87. The number of aromatic hydroxyl groups is 1. The van der Waals surface area contributed by atoms with Crippen LogP contribution in [-0.2, 0) is 6.18 Å². The molecule has 1 aliphatic rings. The number of piperazine rings is 1. The zero-order valence-corrected chi connectivity index (χ0v) is 17.7. The number of nitrogens with zero attached hydrogens (tertiary/aromatic N) is 4. The van der Waals surface area contributed by atoms with Gasteiger partial charge >= 0.3 is 6.18 Å². The molecule has 10 heteroatoms. The smallest absolute Gasteiger partial charge is 0.434 e. The lowest BCUT2D eigenvalue weighted by molar-refractivity contribution is -0.143. The molecule has 7 nitrogen and oxygen atoms in total. The molecule has 2 aromatic carbocycles. The summed E-state index contributed by atoms with van der Waals surface area (Å²) in [4.78, 5) is 28.4. The molecule has 1 saturated heterocycles. The first-order valence-corrected chi connectivity index (χ1v) is 10.3. The molecule has 1 aliphatic heterocycles. The van der Waals surface area contributed by atoms with Gasteiger partial charge in [0.2, 0.25) is 0 Å². The van der Waals surface area contributed by atoms with Gasteiger partial charge in [0, 0.05) is 26.2 Å². The van der Waals surface area contributed by atoms with Crippen molar-refractivity contribution in [3.63, 3.8) is 0 Å². The van der Waals surface area contributed by atoms with Crippen molar-refractivity contribution in [1.29, 1.82) is 0 Å². The van der Waals surface area contributed by atoms with Gasteiger partial charge in [-0.15, -0.1) is 0 Å². The summed E-state index contributed by atoms with van der Waals surface area (Å²) in [5.74, 6) is -1.35. The number of para-hydroxylation sites is 2. The molecule has 1 aromatic heterocycles. The van der Waals surface area contributed by atoms with Crippen molar-refractivity contribution in [3.8, 4) is 11.4 Å². The summed E-state index contributed by atoms with van der Waals surface area (Å²) in [5.41, 5.74) is -0.708. The van der Waals surface area contributed by atoms with E-state index < -0.39 is 29.2 Å². The van der Waals surface area contributed by atoms with Gasteiger partial charge < -0.3 is 14.9 Å². The number of aryl methyl sites for hydroxylation is 1. The van der Waals surface area contributed by atoms with Gasteiger partial charge in [0.05, 0.1) is 23.0 Å². The van der Waals surface area contributed by atoms with Crippen molar-refractivity contribution in [1.82, 2.24) is 19.6 Å². The van der Waals surface area contributed by atoms with Crippen molar-refractivity contribution in [2.75, 3.05) is 26.2 Å². The van der Waals surface area contributed by atoms with Crippen molar-refractivity contribution in [3.05, 3.63) is 77.1 Å². The van der Waals surface area contributed by atoms with E-state index in [0.717, 1.165) is 10.9 Å². The Kier molecular flexibility index (Phi) is 5.84. The molecule has 3 aromatic rings. The van der Waals surface area contributed by atoms with Crippen LogP contribution >= 0.6 is 0 Å². The van der Waals surface area contributed by atoms with E-state index in [2.05, 4.69) is 5.10 Å². The Bertz CT molecular complexity index is 1200. The Hall–Kier alpha value is -3.82. The van der Waals surface area contributed by atoms with Crippen molar-refractivity contribution >= 4 is 11.8 Å². The van der Waals surface area contributed by atoms with Crippen LogP contribution in [-0.4, -0.2) is 62.7 Å². The molecule has 0 saturated carbocycles. The minimum absolute atomic E-state index is 0.0605. The van der Waals surface area contributed by atoms with E-state index in [1.165, 1.54) is 28.0 Å². The van der Waals surface area contributed by atoms with Gasteiger partial charge in [0.1, 0.15) is 5.75 Å². The van der Waals surface area contributed by atoms with Gasteiger partial charge in [-0.1, -0.05) is 30.3 Å². The number of phenols is 1. The molecule has 0 aliphatic carbocycles. The number of benzene rings is 2. The fraction of sp³-hybridized carbons (Fsp3) is 0.261. The third-order valence-electron chi connectivity index (χ3n) is 5.60. The Morgan fingerprint density at radius 1 is 0.879 bits per heavy atom. The van der Waals surface area contributed by atoms with Crippen LogP contribution in [0.1, 0.15) is 32.0 Å². The van der Waals surface area contributed by atoms with E-state index in [9.17, 15) is 27.9 Å². The third-order valence-corrected chi connectivity index (χ3v) is 5.60. The van der Waals surface area contributed by atoms with E-state index in [1.807, 2.05) is 0 Å². The minimum Gasteiger partial charge on any atom is -0.507 e. The van der Waals surface area contributed by atoms with Gasteiger partial charge in [0.25, 0.3) is 11.8 Å². The Morgan fingerprint density at radius 2 is 1.42 bits per heavy atom. The Morgan fingerprint density at radius 3 is 2.00 bits per heavy atom. The molecule has 0 atom stereocenters. The monoisotopic (exact) mass is 458 g/mol. The molecular formula is C23H21F3N4O3. The number of halogens is 3. The first-order valence-electron chi connectivity index (χ1n) is 10.3. The summed E-state index contributed by atoms with van der Waals surface area (Å²) in [6.07, 6.45) is -3.86. The first kappa shape index (κ1) is 22.4. The van der Waals surface area contributed by atoms with Gasteiger partial charge in [-0.25, -0.2) is 4.68 Å². The maximum atomic E-state index is 14.0. The van der Waals surface area contributed by atoms with E-state index >= 15 is 0 Å². The van der Waals surface area contributed by atoms with Crippen molar-refractivity contribution < 1.29 is 27.9 Å². The highest BCUT2D eigenvalue weighted by molar-refractivity contribution is 5.98. The molecular weight excluding hydrogens is 437 g/mol. The number of hydrogen-bond donors (Lipinski definition) is 1. The number of hydrogen-bond acceptors (Lipinski definition) is 4. The van der Waals surface area contributed by atoms with Gasteiger partial charge in [0.15, 0.2) is 5.69 Å². The zero-order chi connectivity index (χ0) is 23.8. The largest absolute Gasteiger partial charge is 0.507 e. The molecule has 0 bridgehead atoms. The van der Waals surface area contributed by atoms with Crippen LogP contribution in [0.3, 0.4) is 0 Å². The average Bonchev–Trinajstić information content (AvgIpc) is 3.24. The van der Waals surface area contributed by atoms with E-state index in [0.29, 0.717) is 5.56 Å². The lowest BCUT2D eigenvalue weighted by Gasteiger charge is -2.35. The fourth-order valence-corrected chi connectivity index (χ4v) is 3.87. The second kappa shape index (κ2) is 8.61. The van der Waals surface area contributed by atoms with Gasteiger partial charge in [-0.3, -0.25) is 9.59 Å². The van der Waals surface area contributed by atoms with E-state index in [-0.39, 0.29) is 43.2 Å². The highest BCUT2D eigenvalue weighted by Gasteiger charge is 2.42. The summed E-state index contributed by atoms with van der Waals surface area (Å²) in [5, 5.41) is 13.8. The highest BCUT2D eigenvalue weighted by Crippen LogP contribution is 2.35. The molecule has 0 unspecified atom stereocenters. The van der Waals surface area contributed by atoms with Crippen LogP contribution < -0.4 is 0 Å². The summed E-state index contributed by atoms with van der Waals surface area (Å²) in [6.45, 7) is 2.05. The van der Waals surface area contributed by atoms with E-state index in [1.54, 1.807) is 37.3 Å². The summed E-state index contributed by atoms with van der Waals surface area (Å²) in [7, 11) is 0. The molecule has 0 spiro atoms. The third kappa shape index (κ3) is 4.28. The zero-order valence-electron chi connectivity index (χ0n) is 17.7. The maximum Gasteiger partial charge on any atom is 0.434 e. The SMILES string of the molecule is Cc1ccccc1-n1ncc(C(=O)N2CCN(C(=O)c3ccccc3O)CC2)c1C(F)(F)F. The number of phenolic OH excluding ortho intramolecular Hbond substituents is 1. The van der Waals surface area contributed by atoms with Crippen molar-refractivity contribution in [2.45, 2.75) is 13.1 Å². The average molecular weight is 458 g/mol. The topological polar surface area (TPSA) is 78.7 Å². The number of carbonyl (C=O) groups excluding carboxylic acids is 2. The predicted molar refractivity (Wildman–Crippen MR) is 113 cm³/mol. The minimum atomic E-state index is -4.80. The predicted octanol–water partition coefficient (Wildman–Crippen LogP) is 3.50.